The van der Waals surface area contributed by atoms with Crippen LogP contribution in [-0.4, -0.2) is 25.7 Å². The highest BCUT2D eigenvalue weighted by Gasteiger charge is 2.40. The molecule has 2 N–H and O–H groups in total. The lowest BCUT2D eigenvalue weighted by atomic mass is 9.78. The van der Waals surface area contributed by atoms with Crippen molar-refractivity contribution in [1.82, 2.24) is 4.72 Å². The van der Waals surface area contributed by atoms with Gasteiger partial charge in [-0.25, -0.2) is 13.1 Å². The number of hydrogen-bond acceptors (Lipinski definition) is 4. The Bertz CT molecular complexity index is 622. The first-order chi connectivity index (χ1) is 8.92. The van der Waals surface area contributed by atoms with Crippen LogP contribution in [0.3, 0.4) is 0 Å². The summed E-state index contributed by atoms with van der Waals surface area (Å²) >= 11 is 0. The van der Waals surface area contributed by atoms with Crippen molar-refractivity contribution in [1.29, 1.82) is 5.26 Å². The Morgan fingerprint density at radius 3 is 2.58 bits per heavy atom. The molecule has 0 unspecified atom stereocenters. The van der Waals surface area contributed by atoms with Crippen molar-refractivity contribution in [3.05, 3.63) is 29.3 Å². The molecule has 0 aromatic heterocycles. The van der Waals surface area contributed by atoms with Crippen LogP contribution in [0.15, 0.2) is 23.1 Å². The van der Waals surface area contributed by atoms with Gasteiger partial charge < -0.3 is 5.11 Å². The quantitative estimate of drug-likeness (QED) is 0.863. The standard InChI is InChI=1S/C13H16N2O3S/c1-10-7-11(8-14)3-4-12(10)19(17,18)15-13(9-16)5-2-6-13/h3-4,7,15-16H,2,5-6,9H2,1H3. The smallest absolute Gasteiger partial charge is 0.241 e. The highest BCUT2D eigenvalue weighted by atomic mass is 32.2. The molecule has 2 rings (SSSR count). The average molecular weight is 280 g/mol. The van der Waals surface area contributed by atoms with Gasteiger partial charge in [-0.2, -0.15) is 5.26 Å². The Kier molecular flexibility index (Phi) is 3.63. The number of aliphatic hydroxyl groups excluding tert-OH is 1. The van der Waals surface area contributed by atoms with Crippen LogP contribution in [0.5, 0.6) is 0 Å². The minimum absolute atomic E-state index is 0.159. The summed E-state index contributed by atoms with van der Waals surface area (Å²) < 4.78 is 27.2. The van der Waals surface area contributed by atoms with Crippen LogP contribution in [0.1, 0.15) is 30.4 Å². The van der Waals surface area contributed by atoms with Gasteiger partial charge in [-0.1, -0.05) is 0 Å². The average Bonchev–Trinajstić information content (AvgIpc) is 2.33. The summed E-state index contributed by atoms with van der Waals surface area (Å²) in [6.07, 6.45) is 2.21. The van der Waals surface area contributed by atoms with E-state index in [0.717, 1.165) is 6.42 Å². The van der Waals surface area contributed by atoms with Crippen molar-refractivity contribution in [3.8, 4) is 6.07 Å². The van der Waals surface area contributed by atoms with E-state index in [1.54, 1.807) is 13.0 Å². The van der Waals surface area contributed by atoms with E-state index in [0.29, 0.717) is 24.0 Å². The van der Waals surface area contributed by atoms with Gasteiger partial charge in [0.05, 0.1) is 28.7 Å². The predicted molar refractivity (Wildman–Crippen MR) is 69.9 cm³/mol. The number of aliphatic hydroxyl groups is 1. The third-order valence-electron chi connectivity index (χ3n) is 3.56. The zero-order valence-electron chi connectivity index (χ0n) is 10.7. The first-order valence-electron chi connectivity index (χ1n) is 6.08. The molecule has 0 amide bonds. The van der Waals surface area contributed by atoms with Gasteiger partial charge in [-0.15, -0.1) is 0 Å². The lowest BCUT2D eigenvalue weighted by Gasteiger charge is -2.40. The van der Waals surface area contributed by atoms with Gasteiger partial charge in [0.1, 0.15) is 0 Å². The van der Waals surface area contributed by atoms with Crippen LogP contribution in [-0.2, 0) is 10.0 Å². The van der Waals surface area contributed by atoms with Crippen LogP contribution in [0.25, 0.3) is 0 Å². The van der Waals surface area contributed by atoms with Gasteiger partial charge >= 0.3 is 0 Å². The molecule has 1 aliphatic rings. The zero-order valence-corrected chi connectivity index (χ0v) is 11.5. The molecule has 0 saturated heterocycles. The molecule has 0 heterocycles. The van der Waals surface area contributed by atoms with E-state index in [4.69, 9.17) is 5.26 Å². The fourth-order valence-corrected chi connectivity index (χ4v) is 3.94. The van der Waals surface area contributed by atoms with Crippen molar-refractivity contribution in [2.24, 2.45) is 0 Å². The second-order valence-electron chi connectivity index (χ2n) is 4.99. The van der Waals surface area contributed by atoms with Crippen molar-refractivity contribution in [2.75, 3.05) is 6.61 Å². The van der Waals surface area contributed by atoms with Crippen LogP contribution in [0.2, 0.25) is 0 Å². The Balaban J connectivity index is 2.32. The summed E-state index contributed by atoms with van der Waals surface area (Å²) in [5.41, 5.74) is 0.245. The maximum Gasteiger partial charge on any atom is 0.241 e. The van der Waals surface area contributed by atoms with E-state index >= 15 is 0 Å². The van der Waals surface area contributed by atoms with Gasteiger partial charge in [0.2, 0.25) is 10.0 Å². The molecule has 1 aromatic rings. The largest absolute Gasteiger partial charge is 0.394 e. The van der Waals surface area contributed by atoms with Crippen molar-refractivity contribution in [2.45, 2.75) is 36.6 Å². The molecule has 6 heteroatoms. The molecule has 1 saturated carbocycles. The third-order valence-corrected chi connectivity index (χ3v) is 5.30. The summed E-state index contributed by atoms with van der Waals surface area (Å²) in [4.78, 5) is 0.159. The van der Waals surface area contributed by atoms with Crippen molar-refractivity contribution in [3.63, 3.8) is 0 Å². The zero-order chi connectivity index (χ0) is 14.1. The lowest BCUT2D eigenvalue weighted by molar-refractivity contribution is 0.110. The monoisotopic (exact) mass is 280 g/mol. The summed E-state index contributed by atoms with van der Waals surface area (Å²) in [6, 6.07) is 6.43. The molecule has 0 bridgehead atoms. The Labute approximate surface area is 112 Å². The SMILES string of the molecule is Cc1cc(C#N)ccc1S(=O)(=O)NC1(CO)CCC1. The maximum atomic E-state index is 12.3. The summed E-state index contributed by atoms with van der Waals surface area (Å²) in [7, 11) is -3.67. The van der Waals surface area contributed by atoms with Gasteiger partial charge in [-0.05, 0) is 49.9 Å². The Morgan fingerprint density at radius 1 is 1.47 bits per heavy atom. The van der Waals surface area contributed by atoms with Gasteiger partial charge in [0, 0.05) is 0 Å². The molecule has 102 valence electrons. The molecule has 0 spiro atoms. The van der Waals surface area contributed by atoms with E-state index in [1.807, 2.05) is 6.07 Å². The fraction of sp³-hybridized carbons (Fsp3) is 0.462. The molecule has 1 aliphatic carbocycles. The number of benzene rings is 1. The number of sulfonamides is 1. The Morgan fingerprint density at radius 2 is 2.16 bits per heavy atom. The molecule has 0 aliphatic heterocycles. The van der Waals surface area contributed by atoms with E-state index in [2.05, 4.69) is 4.72 Å². The third kappa shape index (κ3) is 2.63. The molecule has 5 nitrogen and oxygen atoms in total. The van der Waals surface area contributed by atoms with Crippen LogP contribution < -0.4 is 4.72 Å². The number of nitriles is 1. The molecule has 1 aromatic carbocycles. The molecular formula is C13H16N2O3S. The predicted octanol–water partition coefficient (Wildman–Crippen LogP) is 1.06. The molecular weight excluding hydrogens is 264 g/mol. The first-order valence-corrected chi connectivity index (χ1v) is 7.56. The van der Waals surface area contributed by atoms with Crippen molar-refractivity contribution < 1.29 is 13.5 Å². The Hall–Kier alpha value is -1.42. The van der Waals surface area contributed by atoms with E-state index in [-0.39, 0.29) is 11.5 Å². The summed E-state index contributed by atoms with van der Waals surface area (Å²) in [5.74, 6) is 0. The van der Waals surface area contributed by atoms with Gasteiger partial charge in [-0.3, -0.25) is 0 Å². The van der Waals surface area contributed by atoms with Crippen LogP contribution in [0, 0.1) is 18.3 Å². The summed E-state index contributed by atoms with van der Waals surface area (Å²) in [6.45, 7) is 1.46. The fourth-order valence-electron chi connectivity index (χ4n) is 2.26. The van der Waals surface area contributed by atoms with Gasteiger partial charge in [0.15, 0.2) is 0 Å². The van der Waals surface area contributed by atoms with Gasteiger partial charge in [0.25, 0.3) is 0 Å². The highest BCUT2D eigenvalue weighted by molar-refractivity contribution is 7.89. The number of hydrogen-bond donors (Lipinski definition) is 2. The number of nitrogens with one attached hydrogen (secondary N) is 1. The molecule has 0 radical (unpaired) electrons. The lowest BCUT2D eigenvalue weighted by Crippen LogP contribution is -2.56. The second kappa shape index (κ2) is 4.93. The number of aryl methyl sites for hydroxylation is 1. The topological polar surface area (TPSA) is 90.2 Å². The van der Waals surface area contributed by atoms with Crippen LogP contribution >= 0.6 is 0 Å². The minimum Gasteiger partial charge on any atom is -0.394 e. The van der Waals surface area contributed by atoms with E-state index in [1.165, 1.54) is 12.1 Å². The highest BCUT2D eigenvalue weighted by Crippen LogP contribution is 2.33. The number of nitrogens with zero attached hydrogens (tertiary/aromatic N) is 1. The normalized spacial score (nSPS) is 17.5. The second-order valence-corrected chi connectivity index (χ2v) is 6.64. The van der Waals surface area contributed by atoms with Crippen LogP contribution in [0.4, 0.5) is 0 Å². The maximum absolute atomic E-state index is 12.3. The number of rotatable bonds is 4. The van der Waals surface area contributed by atoms with E-state index < -0.39 is 15.6 Å². The summed E-state index contributed by atoms with van der Waals surface area (Å²) in [5, 5.41) is 18.1. The minimum atomic E-state index is -3.67. The molecule has 19 heavy (non-hydrogen) atoms. The molecule has 1 fully saturated rings. The molecule has 0 atom stereocenters. The first kappa shape index (κ1) is 14.0. The van der Waals surface area contributed by atoms with Crippen molar-refractivity contribution >= 4 is 10.0 Å². The van der Waals surface area contributed by atoms with E-state index in [9.17, 15) is 13.5 Å².